The normalized spacial score (nSPS) is 10.5. The molecule has 0 aliphatic heterocycles. The van der Waals surface area contributed by atoms with E-state index in [9.17, 15) is 19.2 Å². The number of carbonyl (C=O) groups is 4. The van der Waals surface area contributed by atoms with Gasteiger partial charge in [-0.25, -0.2) is 4.79 Å². The number of nitrogens with one attached hydrogen (secondary N) is 2. The third-order valence-electron chi connectivity index (χ3n) is 1.87. The first kappa shape index (κ1) is 20.6. The first-order valence-corrected chi connectivity index (χ1v) is 5.62. The molecule has 0 saturated heterocycles. The van der Waals surface area contributed by atoms with E-state index in [-0.39, 0.29) is 5.96 Å². The summed E-state index contributed by atoms with van der Waals surface area (Å²) in [6, 6.07) is -0.821. The van der Waals surface area contributed by atoms with Gasteiger partial charge in [-0.3, -0.25) is 19.8 Å². The molecule has 11 nitrogen and oxygen atoms in total. The Morgan fingerprint density at radius 2 is 1.67 bits per heavy atom. The number of carboxylic acids is 3. The van der Waals surface area contributed by atoms with Gasteiger partial charge in [0.2, 0.25) is 0 Å². The maximum absolute atomic E-state index is 10.2. The molecule has 0 radical (unpaired) electrons. The van der Waals surface area contributed by atoms with E-state index < -0.39 is 36.2 Å². The van der Waals surface area contributed by atoms with Gasteiger partial charge in [0.25, 0.3) is 5.78 Å². The Morgan fingerprint density at radius 1 is 1.14 bits per heavy atom. The quantitative estimate of drug-likeness (QED) is 0.0841. The summed E-state index contributed by atoms with van der Waals surface area (Å²) in [5.74, 6) is -5.56. The summed E-state index contributed by atoms with van der Waals surface area (Å²) in [6.45, 7) is 0.482. The molecule has 1 atom stereocenters. The zero-order valence-electron chi connectivity index (χ0n) is 11.0. The van der Waals surface area contributed by atoms with Crippen molar-refractivity contribution in [2.75, 3.05) is 6.54 Å². The Bertz CT molecular complexity index is 410. The zero-order chi connectivity index (χ0) is 17.0. The zero-order valence-corrected chi connectivity index (χ0v) is 11.0. The number of carboxylic acid groups (broad SMARTS) is 3. The van der Waals surface area contributed by atoms with Crippen molar-refractivity contribution in [3.63, 3.8) is 0 Å². The molecule has 9 N–H and O–H groups in total. The SMILES string of the molecule is N=C(N)NCCCC(N)C(=O)O.O=C(O)CC(=O)C(=O)O. The van der Waals surface area contributed by atoms with Crippen LogP contribution in [0.1, 0.15) is 19.3 Å². The van der Waals surface area contributed by atoms with E-state index >= 15 is 0 Å². The van der Waals surface area contributed by atoms with Crippen LogP contribution in [-0.4, -0.2) is 57.6 Å². The number of hydrogen-bond acceptors (Lipinski definition) is 6. The van der Waals surface area contributed by atoms with Gasteiger partial charge in [-0.15, -0.1) is 0 Å². The third kappa shape index (κ3) is 15.3. The van der Waals surface area contributed by atoms with Crippen LogP contribution in [0.25, 0.3) is 0 Å². The number of ketones is 1. The molecule has 0 saturated carbocycles. The molecule has 0 amide bonds. The molecule has 120 valence electrons. The van der Waals surface area contributed by atoms with Crippen molar-refractivity contribution in [2.24, 2.45) is 11.5 Å². The standard InChI is InChI=1S/C6H14N4O2.C4H4O5/c7-4(5(11)12)2-1-3-10-6(8)9;5-2(4(8)9)1-3(6)7/h4H,1-3,7H2,(H,11,12)(H4,8,9,10);1H2,(H,6,7)(H,8,9). The molecule has 0 heterocycles. The van der Waals surface area contributed by atoms with Gasteiger partial charge < -0.3 is 32.1 Å². The fourth-order valence-corrected chi connectivity index (χ4v) is 0.881. The second-order valence-electron chi connectivity index (χ2n) is 3.73. The minimum Gasteiger partial charge on any atom is -0.481 e. The molecule has 21 heavy (non-hydrogen) atoms. The molecule has 0 aliphatic rings. The molecule has 0 aromatic heterocycles. The summed E-state index contributed by atoms with van der Waals surface area (Å²) in [5, 5.41) is 33.4. The van der Waals surface area contributed by atoms with Gasteiger partial charge in [0.1, 0.15) is 12.5 Å². The van der Waals surface area contributed by atoms with Crippen LogP contribution in [-0.2, 0) is 19.2 Å². The molecule has 0 rings (SSSR count). The number of nitrogens with two attached hydrogens (primary N) is 2. The maximum atomic E-state index is 10.2. The first-order valence-electron chi connectivity index (χ1n) is 5.62. The summed E-state index contributed by atoms with van der Waals surface area (Å²) in [5.41, 5.74) is 10.2. The Labute approximate surface area is 119 Å². The van der Waals surface area contributed by atoms with Gasteiger partial charge in [-0.05, 0) is 12.8 Å². The number of hydrogen-bond donors (Lipinski definition) is 7. The lowest BCUT2D eigenvalue weighted by atomic mass is 10.2. The van der Waals surface area contributed by atoms with Crippen molar-refractivity contribution in [1.82, 2.24) is 5.32 Å². The third-order valence-corrected chi connectivity index (χ3v) is 1.87. The van der Waals surface area contributed by atoms with Crippen LogP contribution in [0.4, 0.5) is 0 Å². The van der Waals surface area contributed by atoms with E-state index in [4.69, 9.17) is 32.2 Å². The van der Waals surface area contributed by atoms with E-state index in [1.165, 1.54) is 0 Å². The number of aliphatic carboxylic acids is 3. The summed E-state index contributed by atoms with van der Waals surface area (Å²) in [6.07, 6.45) is 0.0258. The molecule has 0 aliphatic carbocycles. The summed E-state index contributed by atoms with van der Waals surface area (Å²) < 4.78 is 0. The lowest BCUT2D eigenvalue weighted by molar-refractivity contribution is -0.152. The average molecular weight is 306 g/mol. The number of Topliss-reactive ketones (excluding diaryl/α,β-unsaturated/α-hetero) is 1. The predicted molar refractivity (Wildman–Crippen MR) is 69.7 cm³/mol. The van der Waals surface area contributed by atoms with Crippen LogP contribution in [0.5, 0.6) is 0 Å². The molecular weight excluding hydrogens is 288 g/mol. The van der Waals surface area contributed by atoms with Crippen LogP contribution in [0.15, 0.2) is 0 Å². The lowest BCUT2D eigenvalue weighted by Crippen LogP contribution is -2.34. The van der Waals surface area contributed by atoms with E-state index in [1.54, 1.807) is 0 Å². The minimum atomic E-state index is -1.71. The average Bonchev–Trinajstić information content (AvgIpc) is 2.33. The first-order chi connectivity index (χ1) is 9.57. The van der Waals surface area contributed by atoms with Crippen LogP contribution < -0.4 is 16.8 Å². The van der Waals surface area contributed by atoms with Gasteiger partial charge in [-0.2, -0.15) is 0 Å². The van der Waals surface area contributed by atoms with Crippen molar-refractivity contribution in [2.45, 2.75) is 25.3 Å². The van der Waals surface area contributed by atoms with Gasteiger partial charge in [0.05, 0.1) is 0 Å². The molecule has 0 aromatic carbocycles. The van der Waals surface area contributed by atoms with Crippen LogP contribution in [0.3, 0.4) is 0 Å². The van der Waals surface area contributed by atoms with Crippen molar-refractivity contribution in [3.8, 4) is 0 Å². The highest BCUT2D eigenvalue weighted by Gasteiger charge is 2.14. The molecular formula is C10H18N4O7. The summed E-state index contributed by atoms with van der Waals surface area (Å²) in [4.78, 5) is 39.4. The van der Waals surface area contributed by atoms with Gasteiger partial charge >= 0.3 is 17.9 Å². The maximum Gasteiger partial charge on any atom is 0.372 e. The Hall–Kier alpha value is -2.69. The lowest BCUT2D eigenvalue weighted by Gasteiger charge is -2.06. The number of rotatable bonds is 8. The van der Waals surface area contributed by atoms with Gasteiger partial charge in [-0.1, -0.05) is 0 Å². The smallest absolute Gasteiger partial charge is 0.372 e. The van der Waals surface area contributed by atoms with Crippen LogP contribution in [0.2, 0.25) is 0 Å². The molecule has 11 heteroatoms. The van der Waals surface area contributed by atoms with Crippen molar-refractivity contribution < 1.29 is 34.5 Å². The Morgan fingerprint density at radius 3 is 1.95 bits per heavy atom. The van der Waals surface area contributed by atoms with Crippen molar-refractivity contribution in [1.29, 1.82) is 5.41 Å². The highest BCUT2D eigenvalue weighted by molar-refractivity contribution is 6.35. The predicted octanol–water partition coefficient (Wildman–Crippen LogP) is -2.22. The van der Waals surface area contributed by atoms with E-state index in [0.29, 0.717) is 19.4 Å². The minimum absolute atomic E-state index is 0.112. The second-order valence-corrected chi connectivity index (χ2v) is 3.73. The number of carbonyl (C=O) groups excluding carboxylic acids is 1. The molecule has 0 spiro atoms. The summed E-state index contributed by atoms with van der Waals surface area (Å²) >= 11 is 0. The highest BCUT2D eigenvalue weighted by atomic mass is 16.4. The molecule has 0 fully saturated rings. The molecule has 0 aromatic rings. The van der Waals surface area contributed by atoms with Gasteiger partial charge in [0, 0.05) is 6.54 Å². The molecule has 0 bridgehead atoms. The Balaban J connectivity index is 0. The Kier molecular flexibility index (Phi) is 11.0. The monoisotopic (exact) mass is 306 g/mol. The number of guanidine groups is 1. The van der Waals surface area contributed by atoms with Crippen molar-refractivity contribution in [3.05, 3.63) is 0 Å². The van der Waals surface area contributed by atoms with E-state index in [2.05, 4.69) is 5.32 Å². The van der Waals surface area contributed by atoms with Crippen LogP contribution in [0, 0.1) is 5.41 Å². The van der Waals surface area contributed by atoms with E-state index in [1.807, 2.05) is 0 Å². The topological polar surface area (TPSA) is 217 Å². The van der Waals surface area contributed by atoms with Crippen molar-refractivity contribution >= 4 is 29.7 Å². The van der Waals surface area contributed by atoms with Gasteiger partial charge in [0.15, 0.2) is 5.96 Å². The summed E-state index contributed by atoms with van der Waals surface area (Å²) in [7, 11) is 0. The fourth-order valence-electron chi connectivity index (χ4n) is 0.881. The highest BCUT2D eigenvalue weighted by Crippen LogP contribution is 1.92. The largest absolute Gasteiger partial charge is 0.481 e. The second kappa shape index (κ2) is 11.2. The van der Waals surface area contributed by atoms with Crippen LogP contribution >= 0.6 is 0 Å². The fraction of sp³-hybridized carbons (Fsp3) is 0.500. The van der Waals surface area contributed by atoms with E-state index in [0.717, 1.165) is 0 Å². The molecule has 1 unspecified atom stereocenters.